The van der Waals surface area contributed by atoms with Crippen LogP contribution in [0.25, 0.3) is 10.6 Å². The maximum absolute atomic E-state index is 13.7. The summed E-state index contributed by atoms with van der Waals surface area (Å²) >= 11 is 2.98. The Balaban J connectivity index is 1.85. The van der Waals surface area contributed by atoms with Crippen LogP contribution in [-0.4, -0.2) is 22.0 Å². The molecule has 8 heteroatoms. The zero-order chi connectivity index (χ0) is 20.3. The van der Waals surface area contributed by atoms with E-state index in [2.05, 4.69) is 10.3 Å². The molecule has 0 aliphatic carbocycles. The molecule has 28 heavy (non-hydrogen) atoms. The highest BCUT2D eigenvalue weighted by molar-refractivity contribution is 7.15. The number of hydrogen-bond acceptors (Lipinski definition) is 5. The van der Waals surface area contributed by atoms with Crippen LogP contribution in [0.1, 0.15) is 28.8 Å². The van der Waals surface area contributed by atoms with Gasteiger partial charge in [0.1, 0.15) is 5.82 Å². The topological polar surface area (TPSA) is 79.3 Å². The number of thiazole rings is 1. The Morgan fingerprint density at radius 1 is 1.29 bits per heavy atom. The molecule has 0 aliphatic rings. The van der Waals surface area contributed by atoms with Gasteiger partial charge in [-0.25, -0.2) is 9.37 Å². The normalized spacial score (nSPS) is 13.1. The summed E-state index contributed by atoms with van der Waals surface area (Å²) in [5.74, 6) is -1.91. The third-order valence-electron chi connectivity index (χ3n) is 4.26. The van der Waals surface area contributed by atoms with Crippen LogP contribution in [-0.2, 0) is 21.5 Å². The van der Waals surface area contributed by atoms with Crippen molar-refractivity contribution < 1.29 is 19.1 Å². The van der Waals surface area contributed by atoms with E-state index in [4.69, 9.17) is 0 Å². The number of benzene rings is 1. The second-order valence-electron chi connectivity index (χ2n) is 6.62. The number of carbonyl (C=O) groups excluding carboxylic acids is 1. The molecular formula is C20H19FN2O3S2. The first-order chi connectivity index (χ1) is 13.3. The van der Waals surface area contributed by atoms with Crippen LogP contribution in [0.5, 0.6) is 0 Å². The fourth-order valence-electron chi connectivity index (χ4n) is 3.05. The standard InChI is InChI=1S/C20H19FN2O3S2/c1-12-22-19(15-7-4-8-27-15)16(28-12)10-17(24)23-20(2,11-18(25)26)13-5-3-6-14(21)9-13/h3-9H,10-11H2,1-2H3,(H,23,24)(H,25,26). The Labute approximate surface area is 169 Å². The monoisotopic (exact) mass is 418 g/mol. The van der Waals surface area contributed by atoms with Gasteiger partial charge in [0.25, 0.3) is 0 Å². The van der Waals surface area contributed by atoms with Gasteiger partial charge < -0.3 is 10.4 Å². The predicted molar refractivity (Wildman–Crippen MR) is 108 cm³/mol. The number of amides is 1. The van der Waals surface area contributed by atoms with Gasteiger partial charge in [0.2, 0.25) is 5.91 Å². The van der Waals surface area contributed by atoms with Crippen LogP contribution in [0.15, 0.2) is 41.8 Å². The first kappa shape index (κ1) is 20.2. The minimum atomic E-state index is -1.23. The average Bonchev–Trinajstić information content (AvgIpc) is 3.23. The van der Waals surface area contributed by atoms with Crippen molar-refractivity contribution in [3.05, 3.63) is 63.0 Å². The zero-order valence-corrected chi connectivity index (χ0v) is 17.0. The first-order valence-corrected chi connectivity index (χ1v) is 10.3. The maximum atomic E-state index is 13.7. The van der Waals surface area contributed by atoms with E-state index in [1.807, 2.05) is 24.4 Å². The second kappa shape index (κ2) is 8.20. The van der Waals surface area contributed by atoms with Crippen molar-refractivity contribution in [3.8, 4) is 10.6 Å². The summed E-state index contributed by atoms with van der Waals surface area (Å²) in [5, 5.41) is 14.9. The number of aryl methyl sites for hydroxylation is 1. The van der Waals surface area contributed by atoms with Crippen molar-refractivity contribution in [3.63, 3.8) is 0 Å². The van der Waals surface area contributed by atoms with E-state index in [1.165, 1.54) is 29.5 Å². The van der Waals surface area contributed by atoms with E-state index in [-0.39, 0.29) is 18.7 Å². The molecule has 3 rings (SSSR count). The molecule has 0 spiro atoms. The summed E-state index contributed by atoms with van der Waals surface area (Å²) in [6, 6.07) is 9.50. The number of aromatic nitrogens is 1. The average molecular weight is 419 g/mol. The van der Waals surface area contributed by atoms with Crippen LogP contribution in [0.3, 0.4) is 0 Å². The second-order valence-corrected chi connectivity index (χ2v) is 8.86. The molecule has 2 aromatic heterocycles. The molecule has 5 nitrogen and oxygen atoms in total. The van der Waals surface area contributed by atoms with Crippen LogP contribution >= 0.6 is 22.7 Å². The third kappa shape index (κ3) is 4.63. The van der Waals surface area contributed by atoms with Crippen LogP contribution < -0.4 is 5.32 Å². The first-order valence-electron chi connectivity index (χ1n) is 8.56. The Morgan fingerprint density at radius 2 is 2.07 bits per heavy atom. The summed E-state index contributed by atoms with van der Waals surface area (Å²) in [7, 11) is 0. The number of halogens is 1. The summed E-state index contributed by atoms with van der Waals surface area (Å²) in [5.41, 5.74) is -0.0473. The van der Waals surface area contributed by atoms with Gasteiger partial charge in [-0.15, -0.1) is 22.7 Å². The molecule has 0 aliphatic heterocycles. The fourth-order valence-corrected chi connectivity index (χ4v) is 4.80. The lowest BCUT2D eigenvalue weighted by molar-refractivity contribution is -0.139. The molecule has 146 valence electrons. The van der Waals surface area contributed by atoms with E-state index < -0.39 is 17.3 Å². The minimum Gasteiger partial charge on any atom is -0.481 e. The van der Waals surface area contributed by atoms with Gasteiger partial charge in [-0.05, 0) is 43.0 Å². The van der Waals surface area contributed by atoms with Crippen molar-refractivity contribution >= 4 is 34.6 Å². The molecule has 0 fully saturated rings. The van der Waals surface area contributed by atoms with E-state index in [1.54, 1.807) is 24.3 Å². The van der Waals surface area contributed by atoms with Crippen molar-refractivity contribution in [2.24, 2.45) is 0 Å². The number of carbonyl (C=O) groups is 2. The zero-order valence-electron chi connectivity index (χ0n) is 15.4. The largest absolute Gasteiger partial charge is 0.481 e. The Morgan fingerprint density at radius 3 is 2.71 bits per heavy atom. The molecule has 2 heterocycles. The summed E-state index contributed by atoms with van der Waals surface area (Å²) in [6.07, 6.45) is -0.287. The highest BCUT2D eigenvalue weighted by Crippen LogP contribution is 2.32. The van der Waals surface area contributed by atoms with Crippen molar-refractivity contribution in [2.75, 3.05) is 0 Å². The highest BCUT2D eigenvalue weighted by atomic mass is 32.1. The number of nitrogens with zero attached hydrogens (tertiary/aromatic N) is 1. The molecule has 0 bridgehead atoms. The maximum Gasteiger partial charge on any atom is 0.306 e. The van der Waals surface area contributed by atoms with Crippen LogP contribution in [0, 0.1) is 12.7 Å². The van der Waals surface area contributed by atoms with Gasteiger partial charge >= 0.3 is 5.97 Å². The molecule has 3 aromatic rings. The lowest BCUT2D eigenvalue weighted by Gasteiger charge is -2.30. The van der Waals surface area contributed by atoms with Gasteiger partial charge in [0.05, 0.1) is 34.0 Å². The van der Waals surface area contributed by atoms with Gasteiger partial charge in [-0.2, -0.15) is 0 Å². The molecule has 2 N–H and O–H groups in total. The predicted octanol–water partition coefficient (Wildman–Crippen LogP) is 4.37. The third-order valence-corrected chi connectivity index (χ3v) is 6.11. The molecule has 1 unspecified atom stereocenters. The van der Waals surface area contributed by atoms with Gasteiger partial charge in [0, 0.05) is 4.88 Å². The fraction of sp³-hybridized carbons (Fsp3) is 0.250. The molecule has 1 amide bonds. The lowest BCUT2D eigenvalue weighted by atomic mass is 9.88. The van der Waals surface area contributed by atoms with Crippen molar-refractivity contribution in [1.82, 2.24) is 10.3 Å². The summed E-state index contributed by atoms with van der Waals surface area (Å²) in [4.78, 5) is 30.5. The smallest absolute Gasteiger partial charge is 0.306 e. The molecule has 0 saturated heterocycles. The number of nitrogens with one attached hydrogen (secondary N) is 1. The van der Waals surface area contributed by atoms with Gasteiger partial charge in [-0.1, -0.05) is 18.2 Å². The lowest BCUT2D eigenvalue weighted by Crippen LogP contribution is -2.45. The van der Waals surface area contributed by atoms with E-state index >= 15 is 0 Å². The Bertz CT molecular complexity index is 1000. The Hall–Kier alpha value is -2.58. The summed E-state index contributed by atoms with van der Waals surface area (Å²) in [6.45, 7) is 3.47. The van der Waals surface area contributed by atoms with Crippen LogP contribution in [0.4, 0.5) is 4.39 Å². The van der Waals surface area contributed by atoms with Crippen LogP contribution in [0.2, 0.25) is 0 Å². The van der Waals surface area contributed by atoms with E-state index in [0.29, 0.717) is 5.56 Å². The molecular weight excluding hydrogens is 399 g/mol. The van der Waals surface area contributed by atoms with E-state index in [9.17, 15) is 19.1 Å². The molecule has 1 atom stereocenters. The highest BCUT2D eigenvalue weighted by Gasteiger charge is 2.32. The van der Waals surface area contributed by atoms with Gasteiger partial charge in [0.15, 0.2) is 0 Å². The summed E-state index contributed by atoms with van der Waals surface area (Å²) < 4.78 is 13.7. The van der Waals surface area contributed by atoms with Crippen molar-refractivity contribution in [1.29, 1.82) is 0 Å². The molecule has 0 saturated carbocycles. The number of rotatable bonds is 7. The molecule has 0 radical (unpaired) electrons. The quantitative estimate of drug-likeness (QED) is 0.597. The number of hydrogen-bond donors (Lipinski definition) is 2. The van der Waals surface area contributed by atoms with Gasteiger partial charge in [-0.3, -0.25) is 9.59 Å². The number of carboxylic acids is 1. The SMILES string of the molecule is Cc1nc(-c2cccs2)c(CC(=O)NC(C)(CC(=O)O)c2cccc(F)c2)s1. The van der Waals surface area contributed by atoms with Crippen molar-refractivity contribution in [2.45, 2.75) is 32.2 Å². The van der Waals surface area contributed by atoms with E-state index in [0.717, 1.165) is 20.5 Å². The number of aliphatic carboxylic acids is 1. The number of carboxylic acid groups (broad SMARTS) is 1. The Kier molecular flexibility index (Phi) is 5.90. The minimum absolute atomic E-state index is 0.0727. The number of thiophene rings is 1. The molecule has 1 aromatic carbocycles.